The van der Waals surface area contributed by atoms with E-state index in [1.54, 1.807) is 27.9 Å². The zero-order valence-electron chi connectivity index (χ0n) is 16.9. The van der Waals surface area contributed by atoms with Gasteiger partial charge in [0.1, 0.15) is 5.75 Å². The molecule has 0 radical (unpaired) electrons. The maximum atomic E-state index is 13.5. The zero-order valence-corrected chi connectivity index (χ0v) is 16.9. The Balaban J connectivity index is 1.65. The lowest BCUT2D eigenvalue weighted by atomic mass is 10.1. The normalized spacial score (nSPS) is 15.8. The molecule has 4 rings (SSSR count). The van der Waals surface area contributed by atoms with Gasteiger partial charge in [-0.15, -0.1) is 0 Å². The second-order valence-electron chi connectivity index (χ2n) is 7.28. The van der Waals surface area contributed by atoms with Gasteiger partial charge in [0, 0.05) is 25.3 Å². The highest BCUT2D eigenvalue weighted by Crippen LogP contribution is 2.25. The molecule has 1 N–H and O–H groups in total. The van der Waals surface area contributed by atoms with Crippen molar-refractivity contribution in [1.29, 1.82) is 0 Å². The van der Waals surface area contributed by atoms with Crippen molar-refractivity contribution in [3.63, 3.8) is 0 Å². The van der Waals surface area contributed by atoms with Crippen LogP contribution in [-0.4, -0.2) is 52.1 Å². The number of carbonyl (C=O) groups is 1. The van der Waals surface area contributed by atoms with Gasteiger partial charge in [-0.05, 0) is 31.0 Å². The average Bonchev–Trinajstić information content (AvgIpc) is 3.44. The SMILES string of the molecule is COc1cn(-c2ccccc2)nc1C(=O)N(Cc1ccccc1O)CC1CCCO1. The van der Waals surface area contributed by atoms with Crippen LogP contribution in [0.4, 0.5) is 0 Å². The maximum absolute atomic E-state index is 13.5. The van der Waals surface area contributed by atoms with Crippen molar-refractivity contribution >= 4 is 5.91 Å². The van der Waals surface area contributed by atoms with Crippen LogP contribution in [0.3, 0.4) is 0 Å². The van der Waals surface area contributed by atoms with E-state index in [2.05, 4.69) is 5.10 Å². The number of nitrogens with zero attached hydrogens (tertiary/aromatic N) is 3. The lowest BCUT2D eigenvalue weighted by molar-refractivity contribution is 0.0498. The Morgan fingerprint density at radius 3 is 2.70 bits per heavy atom. The molecule has 2 aromatic carbocycles. The molecule has 1 aliphatic rings. The van der Waals surface area contributed by atoms with Crippen molar-refractivity contribution < 1.29 is 19.4 Å². The Labute approximate surface area is 175 Å². The van der Waals surface area contributed by atoms with Crippen molar-refractivity contribution in [1.82, 2.24) is 14.7 Å². The molecule has 2 heterocycles. The number of methoxy groups -OCH3 is 1. The predicted octanol–water partition coefficient (Wildman–Crippen LogP) is 3.41. The Kier molecular flexibility index (Phi) is 5.99. The van der Waals surface area contributed by atoms with Crippen LogP contribution in [0.5, 0.6) is 11.5 Å². The van der Waals surface area contributed by atoms with Crippen LogP contribution in [0.1, 0.15) is 28.9 Å². The van der Waals surface area contributed by atoms with E-state index in [1.165, 1.54) is 7.11 Å². The van der Waals surface area contributed by atoms with Crippen LogP contribution in [0.15, 0.2) is 60.8 Å². The molecule has 7 nitrogen and oxygen atoms in total. The molecule has 1 saturated heterocycles. The lowest BCUT2D eigenvalue weighted by Crippen LogP contribution is -2.37. The van der Waals surface area contributed by atoms with Crippen molar-refractivity contribution in [2.24, 2.45) is 0 Å². The molecule has 1 aromatic heterocycles. The molecule has 1 fully saturated rings. The number of hydrogen-bond donors (Lipinski definition) is 1. The highest BCUT2D eigenvalue weighted by Gasteiger charge is 2.28. The third kappa shape index (κ3) is 4.31. The maximum Gasteiger partial charge on any atom is 0.278 e. The number of aromatic hydroxyl groups is 1. The quantitative estimate of drug-likeness (QED) is 0.650. The van der Waals surface area contributed by atoms with E-state index in [9.17, 15) is 9.90 Å². The molecule has 0 bridgehead atoms. The Bertz CT molecular complexity index is 997. The standard InChI is InChI=1S/C23H25N3O4/c1-29-21-16-26(18-9-3-2-4-10-18)24-22(21)23(28)25(15-19-11-7-13-30-19)14-17-8-5-6-12-20(17)27/h2-6,8-10,12,16,19,27H,7,11,13-15H2,1H3. The van der Waals surface area contributed by atoms with Crippen molar-refractivity contribution in [3.8, 4) is 17.2 Å². The monoisotopic (exact) mass is 407 g/mol. The molecule has 30 heavy (non-hydrogen) atoms. The van der Waals surface area contributed by atoms with E-state index in [4.69, 9.17) is 9.47 Å². The van der Waals surface area contributed by atoms with Gasteiger partial charge in [-0.1, -0.05) is 36.4 Å². The number of para-hydroxylation sites is 2. The smallest absolute Gasteiger partial charge is 0.278 e. The molecule has 1 aliphatic heterocycles. The van der Waals surface area contributed by atoms with E-state index >= 15 is 0 Å². The van der Waals surface area contributed by atoms with E-state index in [1.807, 2.05) is 42.5 Å². The first-order chi connectivity index (χ1) is 14.7. The summed E-state index contributed by atoms with van der Waals surface area (Å²) in [7, 11) is 1.52. The van der Waals surface area contributed by atoms with Crippen molar-refractivity contribution in [2.75, 3.05) is 20.3 Å². The first-order valence-electron chi connectivity index (χ1n) is 10.0. The van der Waals surface area contributed by atoms with Crippen LogP contribution in [0.25, 0.3) is 5.69 Å². The molecule has 0 spiro atoms. The first-order valence-corrected chi connectivity index (χ1v) is 10.0. The number of hydrogen-bond acceptors (Lipinski definition) is 5. The third-order valence-electron chi connectivity index (χ3n) is 5.21. The number of amides is 1. The number of rotatable bonds is 7. The van der Waals surface area contributed by atoms with E-state index < -0.39 is 0 Å². The second kappa shape index (κ2) is 9.00. The molecule has 0 saturated carbocycles. The van der Waals surface area contributed by atoms with Gasteiger partial charge in [0.25, 0.3) is 5.91 Å². The Morgan fingerprint density at radius 1 is 1.23 bits per heavy atom. The van der Waals surface area contributed by atoms with Gasteiger partial charge in [0.15, 0.2) is 11.4 Å². The number of carbonyl (C=O) groups excluding carboxylic acids is 1. The van der Waals surface area contributed by atoms with Gasteiger partial charge in [-0.25, -0.2) is 4.68 Å². The highest BCUT2D eigenvalue weighted by molar-refractivity contribution is 5.95. The fourth-order valence-corrected chi connectivity index (χ4v) is 3.62. The number of aromatic nitrogens is 2. The van der Waals surface area contributed by atoms with Crippen molar-refractivity contribution in [2.45, 2.75) is 25.5 Å². The molecule has 156 valence electrons. The van der Waals surface area contributed by atoms with Crippen LogP contribution in [0, 0.1) is 0 Å². The van der Waals surface area contributed by atoms with E-state index in [0.717, 1.165) is 18.5 Å². The summed E-state index contributed by atoms with van der Waals surface area (Å²) in [5.74, 6) is 0.295. The summed E-state index contributed by atoms with van der Waals surface area (Å²) < 4.78 is 12.8. The van der Waals surface area contributed by atoms with E-state index in [0.29, 0.717) is 24.5 Å². The van der Waals surface area contributed by atoms with Gasteiger partial charge in [0.2, 0.25) is 0 Å². The molecular formula is C23H25N3O4. The topological polar surface area (TPSA) is 76.8 Å². The summed E-state index contributed by atoms with van der Waals surface area (Å²) in [6.07, 6.45) is 3.56. The molecule has 3 aromatic rings. The Hall–Kier alpha value is -3.32. The summed E-state index contributed by atoms with van der Waals surface area (Å²) in [5, 5.41) is 14.7. The zero-order chi connectivity index (χ0) is 20.9. The fourth-order valence-electron chi connectivity index (χ4n) is 3.62. The molecule has 7 heteroatoms. The van der Waals surface area contributed by atoms with Gasteiger partial charge in [-0.2, -0.15) is 5.10 Å². The summed E-state index contributed by atoms with van der Waals surface area (Å²) >= 11 is 0. The number of phenolic OH excluding ortho intramolecular Hbond substituents is 1. The van der Waals surface area contributed by atoms with Crippen LogP contribution in [0.2, 0.25) is 0 Å². The third-order valence-corrected chi connectivity index (χ3v) is 5.21. The minimum atomic E-state index is -0.264. The minimum absolute atomic E-state index is 0.0259. The number of phenols is 1. The number of ether oxygens (including phenoxy) is 2. The van der Waals surface area contributed by atoms with Crippen LogP contribution < -0.4 is 4.74 Å². The summed E-state index contributed by atoms with van der Waals surface area (Å²) in [6, 6.07) is 16.6. The van der Waals surface area contributed by atoms with E-state index in [-0.39, 0.29) is 30.0 Å². The predicted molar refractivity (Wildman–Crippen MR) is 112 cm³/mol. The van der Waals surface area contributed by atoms with Gasteiger partial charge >= 0.3 is 0 Å². The molecule has 0 aliphatic carbocycles. The highest BCUT2D eigenvalue weighted by atomic mass is 16.5. The van der Waals surface area contributed by atoms with Gasteiger partial charge < -0.3 is 19.5 Å². The summed E-state index contributed by atoms with van der Waals surface area (Å²) in [5.41, 5.74) is 1.74. The van der Waals surface area contributed by atoms with Crippen molar-refractivity contribution in [3.05, 3.63) is 72.1 Å². The van der Waals surface area contributed by atoms with Crippen LogP contribution >= 0.6 is 0 Å². The molecular weight excluding hydrogens is 382 g/mol. The molecule has 1 unspecified atom stereocenters. The summed E-state index contributed by atoms with van der Waals surface area (Å²) in [6.45, 7) is 1.39. The average molecular weight is 407 g/mol. The minimum Gasteiger partial charge on any atom is -0.508 e. The first kappa shape index (κ1) is 20.0. The largest absolute Gasteiger partial charge is 0.508 e. The fraction of sp³-hybridized carbons (Fsp3) is 0.304. The molecule has 1 atom stereocenters. The second-order valence-corrected chi connectivity index (χ2v) is 7.28. The summed E-state index contributed by atoms with van der Waals surface area (Å²) in [4.78, 5) is 15.2. The Morgan fingerprint density at radius 2 is 2.00 bits per heavy atom. The molecule has 1 amide bonds. The van der Waals surface area contributed by atoms with Gasteiger partial charge in [0.05, 0.1) is 25.1 Å². The van der Waals surface area contributed by atoms with Gasteiger partial charge in [-0.3, -0.25) is 4.79 Å². The number of benzene rings is 2. The van der Waals surface area contributed by atoms with Crippen LogP contribution in [-0.2, 0) is 11.3 Å². The lowest BCUT2D eigenvalue weighted by Gasteiger charge is -2.25.